The van der Waals surface area contributed by atoms with Crippen LogP contribution in [0.3, 0.4) is 0 Å². The van der Waals surface area contributed by atoms with Gasteiger partial charge < -0.3 is 9.64 Å². The molecule has 0 spiro atoms. The van der Waals surface area contributed by atoms with E-state index in [1.54, 1.807) is 0 Å². The van der Waals surface area contributed by atoms with Crippen LogP contribution < -0.4 is 0 Å². The maximum Gasteiger partial charge on any atom is 0.0722 e. The second-order valence-electron chi connectivity index (χ2n) is 7.20. The number of rotatable bonds is 8. The molecule has 22 heavy (non-hydrogen) atoms. The van der Waals surface area contributed by atoms with Crippen LogP contribution in [0.1, 0.15) is 51.0 Å². The lowest BCUT2D eigenvalue weighted by Crippen LogP contribution is -2.40. The van der Waals surface area contributed by atoms with Crippen molar-refractivity contribution in [2.24, 2.45) is 5.92 Å². The molecule has 0 N–H and O–H groups in total. The highest BCUT2D eigenvalue weighted by atomic mass is 16.5. The Morgan fingerprint density at radius 3 is 2.41 bits per heavy atom. The van der Waals surface area contributed by atoms with E-state index in [9.17, 15) is 0 Å². The third-order valence-electron chi connectivity index (χ3n) is 5.12. The zero-order valence-electron chi connectivity index (χ0n) is 14.7. The van der Waals surface area contributed by atoms with Crippen molar-refractivity contribution in [3.05, 3.63) is 35.9 Å². The summed E-state index contributed by atoms with van der Waals surface area (Å²) in [7, 11) is 4.26. The van der Waals surface area contributed by atoms with Crippen molar-refractivity contribution < 1.29 is 4.74 Å². The quantitative estimate of drug-likeness (QED) is 0.654. The predicted octanol–water partition coefficient (Wildman–Crippen LogP) is 4.54. The van der Waals surface area contributed by atoms with Crippen molar-refractivity contribution in [1.29, 1.82) is 0 Å². The van der Waals surface area contributed by atoms with Crippen molar-refractivity contribution in [2.75, 3.05) is 27.2 Å². The van der Waals surface area contributed by atoms with Crippen LogP contribution in [0.2, 0.25) is 0 Å². The minimum atomic E-state index is 0.0827. The molecule has 1 aromatic carbocycles. The number of benzene rings is 1. The summed E-state index contributed by atoms with van der Waals surface area (Å²) in [5.41, 5.74) is 1.50. The largest absolute Gasteiger partial charge is 0.375 e. The van der Waals surface area contributed by atoms with E-state index in [1.165, 1.54) is 37.7 Å². The van der Waals surface area contributed by atoms with E-state index in [4.69, 9.17) is 4.74 Å². The lowest BCUT2D eigenvalue weighted by molar-refractivity contribution is -0.0795. The fraction of sp³-hybridized carbons (Fsp3) is 0.700. The molecule has 0 amide bonds. The Balaban J connectivity index is 1.95. The molecule has 124 valence electrons. The van der Waals surface area contributed by atoms with E-state index in [-0.39, 0.29) is 5.60 Å². The first-order valence-electron chi connectivity index (χ1n) is 8.96. The summed E-state index contributed by atoms with van der Waals surface area (Å²) in [6.45, 7) is 4.33. The van der Waals surface area contributed by atoms with E-state index < -0.39 is 0 Å². The second-order valence-corrected chi connectivity index (χ2v) is 7.20. The molecule has 0 unspecified atom stereocenters. The molecule has 0 atom stereocenters. The van der Waals surface area contributed by atoms with Crippen LogP contribution in [-0.2, 0) is 11.2 Å². The minimum absolute atomic E-state index is 0.0827. The van der Waals surface area contributed by atoms with E-state index in [0.717, 1.165) is 31.9 Å². The first kappa shape index (κ1) is 17.5. The van der Waals surface area contributed by atoms with Gasteiger partial charge in [-0.15, -0.1) is 0 Å². The summed E-state index contributed by atoms with van der Waals surface area (Å²) in [6.07, 6.45) is 8.63. The first-order chi connectivity index (χ1) is 10.6. The summed E-state index contributed by atoms with van der Waals surface area (Å²) < 4.78 is 6.49. The molecule has 0 saturated heterocycles. The topological polar surface area (TPSA) is 12.5 Å². The number of nitrogens with zero attached hydrogens (tertiary/aromatic N) is 1. The van der Waals surface area contributed by atoms with Gasteiger partial charge in [0.15, 0.2) is 0 Å². The van der Waals surface area contributed by atoms with Gasteiger partial charge in [-0.1, -0.05) is 43.7 Å². The van der Waals surface area contributed by atoms with Gasteiger partial charge in [-0.2, -0.15) is 0 Å². The van der Waals surface area contributed by atoms with Gasteiger partial charge in [-0.25, -0.2) is 0 Å². The summed E-state index contributed by atoms with van der Waals surface area (Å²) in [5, 5.41) is 0. The lowest BCUT2D eigenvalue weighted by Gasteiger charge is -2.40. The monoisotopic (exact) mass is 303 g/mol. The number of hydrogen-bond acceptors (Lipinski definition) is 2. The van der Waals surface area contributed by atoms with Crippen LogP contribution in [0.15, 0.2) is 30.3 Å². The Morgan fingerprint density at radius 1 is 1.14 bits per heavy atom. The zero-order valence-corrected chi connectivity index (χ0v) is 14.7. The van der Waals surface area contributed by atoms with Gasteiger partial charge in [0, 0.05) is 13.0 Å². The molecule has 1 aliphatic carbocycles. The summed E-state index contributed by atoms with van der Waals surface area (Å²) in [6, 6.07) is 10.9. The molecule has 2 nitrogen and oxygen atoms in total. The molecule has 1 saturated carbocycles. The highest BCUT2D eigenvalue weighted by Gasteiger charge is 2.35. The highest BCUT2D eigenvalue weighted by Crippen LogP contribution is 2.38. The van der Waals surface area contributed by atoms with Crippen molar-refractivity contribution in [3.8, 4) is 0 Å². The fourth-order valence-corrected chi connectivity index (χ4v) is 3.62. The summed E-state index contributed by atoms with van der Waals surface area (Å²) in [5.74, 6) is 0.911. The molecular formula is C20H33NO. The van der Waals surface area contributed by atoms with Crippen molar-refractivity contribution >= 4 is 0 Å². The van der Waals surface area contributed by atoms with Crippen LogP contribution in [0.25, 0.3) is 0 Å². The summed E-state index contributed by atoms with van der Waals surface area (Å²) >= 11 is 0. The van der Waals surface area contributed by atoms with E-state index >= 15 is 0 Å². The zero-order chi connectivity index (χ0) is 15.8. The predicted molar refractivity (Wildman–Crippen MR) is 94.2 cm³/mol. The van der Waals surface area contributed by atoms with Gasteiger partial charge in [-0.3, -0.25) is 0 Å². The summed E-state index contributed by atoms with van der Waals surface area (Å²) in [4.78, 5) is 2.24. The maximum absolute atomic E-state index is 6.49. The maximum atomic E-state index is 6.49. The molecule has 2 rings (SSSR count). The Kier molecular flexibility index (Phi) is 6.91. The van der Waals surface area contributed by atoms with Crippen LogP contribution >= 0.6 is 0 Å². The Hall–Kier alpha value is -0.860. The molecule has 1 fully saturated rings. The molecule has 0 heterocycles. The molecule has 0 bridgehead atoms. The normalized spacial score (nSPS) is 25.5. The standard InChI is InChI=1S/C20H33NO/c1-4-18-11-13-20(14-12-18,22-16-8-15-21(2)3)17-19-9-6-5-7-10-19/h5-7,9-10,18H,4,8,11-17H2,1-3H3. The van der Waals surface area contributed by atoms with Crippen LogP contribution in [-0.4, -0.2) is 37.7 Å². The van der Waals surface area contributed by atoms with Crippen molar-refractivity contribution in [2.45, 2.75) is 57.5 Å². The molecule has 1 aliphatic rings. The van der Waals surface area contributed by atoms with Crippen molar-refractivity contribution in [3.63, 3.8) is 0 Å². The number of hydrogen-bond donors (Lipinski definition) is 0. The van der Waals surface area contributed by atoms with Gasteiger partial charge in [0.25, 0.3) is 0 Å². The van der Waals surface area contributed by atoms with E-state index in [2.05, 4.69) is 56.3 Å². The molecular weight excluding hydrogens is 270 g/mol. The Labute approximate surface area is 136 Å². The lowest BCUT2D eigenvalue weighted by atomic mass is 9.75. The Bertz CT molecular complexity index is 407. The molecule has 0 radical (unpaired) electrons. The second kappa shape index (κ2) is 8.69. The molecule has 0 aromatic heterocycles. The first-order valence-corrected chi connectivity index (χ1v) is 8.96. The van der Waals surface area contributed by atoms with Gasteiger partial charge in [0.05, 0.1) is 5.60 Å². The third kappa shape index (κ3) is 5.40. The molecule has 0 aliphatic heterocycles. The highest BCUT2D eigenvalue weighted by molar-refractivity contribution is 5.17. The smallest absolute Gasteiger partial charge is 0.0722 e. The average molecular weight is 303 g/mol. The van der Waals surface area contributed by atoms with Gasteiger partial charge >= 0.3 is 0 Å². The molecule has 1 aromatic rings. The van der Waals surface area contributed by atoms with E-state index in [1.807, 2.05) is 0 Å². The van der Waals surface area contributed by atoms with Crippen LogP contribution in [0.5, 0.6) is 0 Å². The fourth-order valence-electron chi connectivity index (χ4n) is 3.62. The minimum Gasteiger partial charge on any atom is -0.375 e. The average Bonchev–Trinajstić information content (AvgIpc) is 2.53. The Morgan fingerprint density at radius 2 is 1.82 bits per heavy atom. The van der Waals surface area contributed by atoms with Crippen LogP contribution in [0.4, 0.5) is 0 Å². The van der Waals surface area contributed by atoms with Crippen LogP contribution in [0, 0.1) is 5.92 Å². The molecule has 2 heteroatoms. The number of ether oxygens (including phenoxy) is 1. The van der Waals surface area contributed by atoms with Gasteiger partial charge in [-0.05, 0) is 64.2 Å². The van der Waals surface area contributed by atoms with Gasteiger partial charge in [0.1, 0.15) is 0 Å². The van der Waals surface area contributed by atoms with Crippen molar-refractivity contribution in [1.82, 2.24) is 4.90 Å². The van der Waals surface area contributed by atoms with Gasteiger partial charge in [0.2, 0.25) is 0 Å². The van der Waals surface area contributed by atoms with E-state index in [0.29, 0.717) is 0 Å². The third-order valence-corrected chi connectivity index (χ3v) is 5.12. The SMILES string of the molecule is CCC1CCC(Cc2ccccc2)(OCCCN(C)C)CC1.